The zero-order valence-corrected chi connectivity index (χ0v) is 18.5. The van der Waals surface area contributed by atoms with Gasteiger partial charge in [0.25, 0.3) is 0 Å². The summed E-state index contributed by atoms with van der Waals surface area (Å²) >= 11 is 0. The van der Waals surface area contributed by atoms with Crippen LogP contribution in [-0.4, -0.2) is 44.8 Å². The Hall–Kier alpha value is -2.90. The van der Waals surface area contributed by atoms with Gasteiger partial charge in [0, 0.05) is 11.6 Å². The van der Waals surface area contributed by atoms with Crippen molar-refractivity contribution < 1.29 is 24.5 Å². The quantitative estimate of drug-likeness (QED) is 0.511. The molecular formula is C25H30N2O5. The van der Waals surface area contributed by atoms with Crippen molar-refractivity contribution in [3.8, 4) is 5.75 Å². The monoisotopic (exact) mass is 438 g/mol. The summed E-state index contributed by atoms with van der Waals surface area (Å²) < 4.78 is 13.8. The number of carbonyl (C=O) groups is 1. The minimum absolute atomic E-state index is 0.103. The van der Waals surface area contributed by atoms with E-state index in [4.69, 9.17) is 9.47 Å². The molecule has 0 bridgehead atoms. The number of ether oxygens (including phenoxy) is 2. The Kier molecular flexibility index (Phi) is 6.77. The molecule has 0 aliphatic heterocycles. The number of aryl methyl sites for hydroxylation is 1. The molecule has 2 aromatic carbocycles. The molecule has 0 amide bonds. The van der Waals surface area contributed by atoms with E-state index in [-0.39, 0.29) is 11.7 Å². The molecule has 7 nitrogen and oxygen atoms in total. The molecule has 3 aromatic rings. The van der Waals surface area contributed by atoms with Gasteiger partial charge in [-0.2, -0.15) is 5.10 Å². The number of aromatic nitrogens is 2. The number of aliphatic hydroxyl groups excluding tert-OH is 1. The van der Waals surface area contributed by atoms with E-state index >= 15 is 0 Å². The van der Waals surface area contributed by atoms with Gasteiger partial charge in [-0.3, -0.25) is 4.68 Å². The molecule has 1 aliphatic rings. The molecule has 4 rings (SSSR count). The number of aromatic carboxylic acids is 1. The molecular weight excluding hydrogens is 408 g/mol. The van der Waals surface area contributed by atoms with E-state index in [0.29, 0.717) is 18.7 Å². The van der Waals surface area contributed by atoms with Crippen LogP contribution in [0.15, 0.2) is 42.6 Å². The van der Waals surface area contributed by atoms with Gasteiger partial charge in [-0.1, -0.05) is 37.1 Å². The molecule has 32 heavy (non-hydrogen) atoms. The third-order valence-electron chi connectivity index (χ3n) is 6.06. The van der Waals surface area contributed by atoms with Crippen LogP contribution in [0, 0.1) is 6.92 Å². The van der Waals surface area contributed by atoms with Gasteiger partial charge in [-0.15, -0.1) is 0 Å². The lowest BCUT2D eigenvalue weighted by atomic mass is 10.0. The summed E-state index contributed by atoms with van der Waals surface area (Å²) in [4.78, 5) is 11.6. The van der Waals surface area contributed by atoms with Crippen molar-refractivity contribution in [2.45, 2.75) is 64.4 Å². The Labute approximate surface area is 187 Å². The normalized spacial score (nSPS) is 16.3. The molecule has 1 aliphatic carbocycles. The SMILES string of the molecule is CCOc1cc([C@@H](O)[C@H](Cn2cc3cccc(C(=O)O)c3n2)OC2CCCC2)ccc1C. The smallest absolute Gasteiger partial charge is 0.337 e. The van der Waals surface area contributed by atoms with E-state index in [1.165, 1.54) is 0 Å². The van der Waals surface area contributed by atoms with Crippen molar-refractivity contribution in [3.05, 3.63) is 59.3 Å². The van der Waals surface area contributed by atoms with Crippen LogP contribution >= 0.6 is 0 Å². The van der Waals surface area contributed by atoms with Crippen LogP contribution in [0.4, 0.5) is 0 Å². The van der Waals surface area contributed by atoms with Crippen molar-refractivity contribution in [1.29, 1.82) is 0 Å². The average Bonchev–Trinajstić information content (AvgIpc) is 3.43. The zero-order valence-electron chi connectivity index (χ0n) is 18.5. The predicted octanol–water partition coefficient (Wildman–Crippen LogP) is 4.50. The predicted molar refractivity (Wildman–Crippen MR) is 121 cm³/mol. The van der Waals surface area contributed by atoms with Gasteiger partial charge in [-0.25, -0.2) is 4.79 Å². The van der Waals surface area contributed by atoms with E-state index in [9.17, 15) is 15.0 Å². The molecule has 170 valence electrons. The summed E-state index contributed by atoms with van der Waals surface area (Å²) in [6.07, 6.45) is 4.71. The topological polar surface area (TPSA) is 93.8 Å². The van der Waals surface area contributed by atoms with Gasteiger partial charge >= 0.3 is 5.97 Å². The number of rotatable bonds is 9. The van der Waals surface area contributed by atoms with E-state index < -0.39 is 18.2 Å². The lowest BCUT2D eigenvalue weighted by Gasteiger charge is -2.27. The first-order valence-electron chi connectivity index (χ1n) is 11.2. The first-order chi connectivity index (χ1) is 15.5. The Balaban J connectivity index is 1.63. The van der Waals surface area contributed by atoms with E-state index in [1.54, 1.807) is 23.0 Å². The largest absolute Gasteiger partial charge is 0.494 e. The summed E-state index contributed by atoms with van der Waals surface area (Å²) in [6.45, 7) is 4.77. The Morgan fingerprint density at radius 3 is 2.75 bits per heavy atom. The second-order valence-corrected chi connectivity index (χ2v) is 8.38. The molecule has 0 spiro atoms. The maximum atomic E-state index is 11.6. The van der Waals surface area contributed by atoms with Crippen molar-refractivity contribution in [1.82, 2.24) is 9.78 Å². The van der Waals surface area contributed by atoms with E-state index in [2.05, 4.69) is 5.10 Å². The number of hydrogen-bond acceptors (Lipinski definition) is 5. The number of hydrogen-bond donors (Lipinski definition) is 2. The highest BCUT2D eigenvalue weighted by atomic mass is 16.5. The lowest BCUT2D eigenvalue weighted by molar-refractivity contribution is -0.0844. The van der Waals surface area contributed by atoms with Gasteiger partial charge in [0.1, 0.15) is 23.5 Å². The molecule has 1 aromatic heterocycles. The number of carboxylic acids is 1. The minimum atomic E-state index is -1.01. The highest BCUT2D eigenvalue weighted by molar-refractivity contribution is 6.01. The van der Waals surface area contributed by atoms with Crippen molar-refractivity contribution in [2.24, 2.45) is 0 Å². The maximum absolute atomic E-state index is 11.6. The molecule has 0 saturated heterocycles. The Morgan fingerprint density at radius 2 is 2.03 bits per heavy atom. The summed E-state index contributed by atoms with van der Waals surface area (Å²) in [5.41, 5.74) is 2.33. The molecule has 1 heterocycles. The molecule has 2 atom stereocenters. The lowest BCUT2D eigenvalue weighted by Crippen LogP contribution is -2.31. The molecule has 0 unspecified atom stereocenters. The fourth-order valence-corrected chi connectivity index (χ4v) is 4.36. The highest BCUT2D eigenvalue weighted by Gasteiger charge is 2.28. The minimum Gasteiger partial charge on any atom is -0.494 e. The van der Waals surface area contributed by atoms with E-state index in [0.717, 1.165) is 47.9 Å². The number of fused-ring (bicyclic) bond motifs is 1. The number of nitrogens with zero attached hydrogens (tertiary/aromatic N) is 2. The highest BCUT2D eigenvalue weighted by Crippen LogP contribution is 2.31. The van der Waals surface area contributed by atoms with Crippen LogP contribution in [0.5, 0.6) is 5.75 Å². The Bertz CT molecular complexity index is 1090. The summed E-state index contributed by atoms with van der Waals surface area (Å²) in [5.74, 6) is -0.262. The summed E-state index contributed by atoms with van der Waals surface area (Å²) in [5, 5.41) is 26.0. The van der Waals surface area contributed by atoms with Crippen LogP contribution in [0.3, 0.4) is 0 Å². The van der Waals surface area contributed by atoms with Crippen molar-refractivity contribution in [2.75, 3.05) is 6.61 Å². The third-order valence-corrected chi connectivity index (χ3v) is 6.06. The summed E-state index contributed by atoms with van der Waals surface area (Å²) in [7, 11) is 0. The van der Waals surface area contributed by atoms with Crippen LogP contribution < -0.4 is 4.74 Å². The van der Waals surface area contributed by atoms with Gasteiger partial charge in [0.05, 0.1) is 24.8 Å². The van der Waals surface area contributed by atoms with Crippen LogP contribution in [0.1, 0.15) is 60.2 Å². The molecule has 1 fully saturated rings. The van der Waals surface area contributed by atoms with Gasteiger partial charge in [0.15, 0.2) is 0 Å². The summed E-state index contributed by atoms with van der Waals surface area (Å²) in [6, 6.07) is 10.8. The second-order valence-electron chi connectivity index (χ2n) is 8.38. The molecule has 0 radical (unpaired) electrons. The van der Waals surface area contributed by atoms with Gasteiger partial charge in [0.2, 0.25) is 0 Å². The standard InChI is InChI=1S/C25H30N2O5/c1-3-31-21-13-17(12-11-16(21)2)24(28)22(32-19-8-4-5-9-19)15-27-14-18-7-6-10-20(25(29)30)23(18)26-27/h6-7,10-14,19,22,24,28H,3-5,8-9,15H2,1-2H3,(H,29,30)/t22-,24+/m0/s1. The van der Waals surface area contributed by atoms with Crippen LogP contribution in [0.25, 0.3) is 10.9 Å². The molecule has 2 N–H and O–H groups in total. The molecule has 7 heteroatoms. The van der Waals surface area contributed by atoms with E-state index in [1.807, 2.05) is 38.1 Å². The third kappa shape index (κ3) is 4.79. The molecule has 1 saturated carbocycles. The average molecular weight is 439 g/mol. The van der Waals surface area contributed by atoms with Gasteiger partial charge < -0.3 is 19.7 Å². The first kappa shape index (κ1) is 22.3. The second kappa shape index (κ2) is 9.71. The van der Waals surface area contributed by atoms with Crippen molar-refractivity contribution in [3.63, 3.8) is 0 Å². The van der Waals surface area contributed by atoms with Crippen LogP contribution in [-0.2, 0) is 11.3 Å². The number of aliphatic hydroxyl groups is 1. The van der Waals surface area contributed by atoms with Crippen molar-refractivity contribution >= 4 is 16.9 Å². The fourth-order valence-electron chi connectivity index (χ4n) is 4.36. The van der Waals surface area contributed by atoms with Gasteiger partial charge in [-0.05, 0) is 49.9 Å². The Morgan fingerprint density at radius 1 is 1.25 bits per heavy atom. The maximum Gasteiger partial charge on any atom is 0.337 e. The zero-order chi connectivity index (χ0) is 22.7. The number of benzene rings is 2. The first-order valence-corrected chi connectivity index (χ1v) is 11.2. The number of carboxylic acid groups (broad SMARTS) is 1. The van der Waals surface area contributed by atoms with Crippen LogP contribution in [0.2, 0.25) is 0 Å². The fraction of sp³-hybridized carbons (Fsp3) is 0.440.